The molecule has 1 amide bonds. The van der Waals surface area contributed by atoms with Crippen molar-refractivity contribution in [1.29, 1.82) is 0 Å². The lowest BCUT2D eigenvalue weighted by molar-refractivity contribution is 0.0918. The molecule has 9 nitrogen and oxygen atoms in total. The molecule has 2 aromatic heterocycles. The van der Waals surface area contributed by atoms with E-state index in [4.69, 9.17) is 27.8 Å². The molecule has 0 unspecified atom stereocenters. The highest BCUT2D eigenvalue weighted by Gasteiger charge is 2.16. The molecule has 3 rings (SSSR count). The van der Waals surface area contributed by atoms with E-state index in [1.807, 2.05) is 13.0 Å². The summed E-state index contributed by atoms with van der Waals surface area (Å²) in [4.78, 5) is 20.0. The number of ether oxygens (including phenoxy) is 1. The molecule has 5 N–H and O–H groups in total. The smallest absolute Gasteiger partial charge is 0.258 e. The Labute approximate surface area is 153 Å². The number of aromatic nitrogens is 3. The van der Waals surface area contributed by atoms with Gasteiger partial charge in [0, 0.05) is 5.56 Å². The van der Waals surface area contributed by atoms with Gasteiger partial charge in [0.25, 0.3) is 5.91 Å². The van der Waals surface area contributed by atoms with Crippen LogP contribution < -0.4 is 21.5 Å². The summed E-state index contributed by atoms with van der Waals surface area (Å²) < 4.78 is 10.2. The fourth-order valence-electron chi connectivity index (χ4n) is 2.24. The Morgan fingerprint density at radius 1 is 1.35 bits per heavy atom. The molecule has 0 spiro atoms. The maximum absolute atomic E-state index is 11.8. The Balaban J connectivity index is 1.80. The second-order valence-electron chi connectivity index (χ2n) is 5.36. The van der Waals surface area contributed by atoms with E-state index in [2.05, 4.69) is 25.0 Å². The lowest BCUT2D eigenvalue weighted by atomic mass is 10.1. The molecule has 26 heavy (non-hydrogen) atoms. The summed E-state index contributed by atoms with van der Waals surface area (Å²) in [6.45, 7) is 1.76. The van der Waals surface area contributed by atoms with Crippen LogP contribution >= 0.6 is 11.6 Å². The molecule has 1 aromatic carbocycles. The van der Waals surface area contributed by atoms with Gasteiger partial charge in [0.05, 0.1) is 23.0 Å². The Kier molecular flexibility index (Phi) is 4.90. The average Bonchev–Trinajstić information content (AvgIpc) is 3.12. The zero-order valence-electron chi connectivity index (χ0n) is 13.7. The minimum absolute atomic E-state index is 0.102. The number of nitrogens with zero attached hydrogens (tertiary/aromatic N) is 3. The van der Waals surface area contributed by atoms with Crippen LogP contribution in [-0.2, 0) is 0 Å². The fourth-order valence-corrected chi connectivity index (χ4v) is 2.49. The van der Waals surface area contributed by atoms with Gasteiger partial charge in [0.15, 0.2) is 12.5 Å². The summed E-state index contributed by atoms with van der Waals surface area (Å²) in [5.74, 6) is 0.348. The standard InChI is InChI=1S/C16H15ClN6O3/c1-8-2-10(14-15(19)23-12(18)5-20-14)13(17)11(3-8)25-7-21-16(24)9-4-22-26-6-9/h2-6H,7H2,1H3,(H,21,24)(H4,18,19,23). The van der Waals surface area contributed by atoms with Gasteiger partial charge in [-0.3, -0.25) is 4.79 Å². The lowest BCUT2D eigenvalue weighted by Gasteiger charge is -2.14. The molecule has 0 aliphatic heterocycles. The summed E-state index contributed by atoms with van der Waals surface area (Å²) in [6.07, 6.45) is 3.93. The van der Waals surface area contributed by atoms with Crippen molar-refractivity contribution >= 4 is 29.1 Å². The molecular weight excluding hydrogens is 360 g/mol. The number of rotatable bonds is 5. The molecule has 10 heteroatoms. The number of nitrogens with two attached hydrogens (primary N) is 2. The second-order valence-corrected chi connectivity index (χ2v) is 5.74. The molecule has 3 aromatic rings. The van der Waals surface area contributed by atoms with Crippen LogP contribution in [-0.4, -0.2) is 27.8 Å². The SMILES string of the molecule is Cc1cc(OCNC(=O)c2cnoc2)c(Cl)c(-c2ncc(N)nc2N)c1. The predicted molar refractivity (Wildman–Crippen MR) is 95.5 cm³/mol. The highest BCUT2D eigenvalue weighted by molar-refractivity contribution is 6.35. The van der Waals surface area contributed by atoms with Crippen molar-refractivity contribution in [2.45, 2.75) is 6.92 Å². The molecule has 0 aliphatic carbocycles. The summed E-state index contributed by atoms with van der Waals surface area (Å²) in [6, 6.07) is 3.54. The van der Waals surface area contributed by atoms with E-state index in [1.165, 1.54) is 18.7 Å². The van der Waals surface area contributed by atoms with Crippen LogP contribution in [0.15, 0.2) is 35.3 Å². The van der Waals surface area contributed by atoms with Crippen molar-refractivity contribution < 1.29 is 14.1 Å². The molecule has 0 radical (unpaired) electrons. The number of aryl methyl sites for hydroxylation is 1. The minimum atomic E-state index is -0.385. The fraction of sp³-hybridized carbons (Fsp3) is 0.125. The van der Waals surface area contributed by atoms with Gasteiger partial charge in [-0.2, -0.15) is 0 Å². The van der Waals surface area contributed by atoms with Crippen molar-refractivity contribution in [3.8, 4) is 17.0 Å². The van der Waals surface area contributed by atoms with Crippen molar-refractivity contribution in [3.63, 3.8) is 0 Å². The third-order valence-electron chi connectivity index (χ3n) is 3.41. The molecule has 2 heterocycles. The van der Waals surface area contributed by atoms with Crippen LogP contribution in [0.2, 0.25) is 5.02 Å². The van der Waals surface area contributed by atoms with E-state index < -0.39 is 0 Å². The highest BCUT2D eigenvalue weighted by atomic mass is 35.5. The van der Waals surface area contributed by atoms with E-state index in [1.54, 1.807) is 6.07 Å². The first-order valence-electron chi connectivity index (χ1n) is 7.44. The number of nitrogen functional groups attached to an aromatic ring is 2. The van der Waals surface area contributed by atoms with E-state index in [9.17, 15) is 4.79 Å². The van der Waals surface area contributed by atoms with Crippen LogP contribution in [0.4, 0.5) is 11.6 Å². The number of amides is 1. The number of anilines is 2. The largest absolute Gasteiger partial charge is 0.472 e. The van der Waals surface area contributed by atoms with Crippen LogP contribution in [0.3, 0.4) is 0 Å². The minimum Gasteiger partial charge on any atom is -0.472 e. The third kappa shape index (κ3) is 3.67. The zero-order valence-corrected chi connectivity index (χ0v) is 14.4. The van der Waals surface area contributed by atoms with Crippen molar-refractivity contribution in [2.24, 2.45) is 0 Å². The number of carbonyl (C=O) groups is 1. The molecular formula is C16H15ClN6O3. The van der Waals surface area contributed by atoms with Crippen LogP contribution in [0.25, 0.3) is 11.3 Å². The molecule has 0 bridgehead atoms. The zero-order chi connectivity index (χ0) is 18.7. The van der Waals surface area contributed by atoms with Gasteiger partial charge in [0.2, 0.25) is 0 Å². The first-order chi connectivity index (χ1) is 12.5. The van der Waals surface area contributed by atoms with Gasteiger partial charge in [-0.1, -0.05) is 16.8 Å². The summed E-state index contributed by atoms with van der Waals surface area (Å²) in [5, 5.41) is 6.32. The summed E-state index contributed by atoms with van der Waals surface area (Å²) >= 11 is 6.42. The van der Waals surface area contributed by atoms with Gasteiger partial charge >= 0.3 is 0 Å². The first-order valence-corrected chi connectivity index (χ1v) is 7.82. The van der Waals surface area contributed by atoms with Gasteiger partial charge in [-0.25, -0.2) is 9.97 Å². The van der Waals surface area contributed by atoms with E-state index in [0.717, 1.165) is 5.56 Å². The molecule has 0 fully saturated rings. The molecule has 0 atom stereocenters. The van der Waals surface area contributed by atoms with Crippen LogP contribution in [0, 0.1) is 6.92 Å². The van der Waals surface area contributed by atoms with Crippen LogP contribution in [0.5, 0.6) is 5.75 Å². The van der Waals surface area contributed by atoms with Crippen molar-refractivity contribution in [3.05, 3.63) is 46.9 Å². The molecule has 0 saturated heterocycles. The molecule has 134 valence electrons. The van der Waals surface area contributed by atoms with Gasteiger partial charge in [-0.15, -0.1) is 0 Å². The maximum Gasteiger partial charge on any atom is 0.258 e. The number of hydrogen-bond acceptors (Lipinski definition) is 8. The van der Waals surface area contributed by atoms with Crippen molar-refractivity contribution in [2.75, 3.05) is 18.2 Å². The molecule has 0 saturated carbocycles. The Morgan fingerprint density at radius 2 is 2.15 bits per heavy atom. The number of halogens is 1. The van der Waals surface area contributed by atoms with Crippen molar-refractivity contribution in [1.82, 2.24) is 20.4 Å². The Bertz CT molecular complexity index is 945. The van der Waals surface area contributed by atoms with E-state index in [-0.39, 0.29) is 29.8 Å². The lowest BCUT2D eigenvalue weighted by Crippen LogP contribution is -2.27. The van der Waals surface area contributed by atoms with Gasteiger partial charge in [-0.05, 0) is 24.6 Å². The number of hydrogen-bond donors (Lipinski definition) is 3. The third-order valence-corrected chi connectivity index (χ3v) is 3.80. The number of carbonyl (C=O) groups excluding carboxylic acids is 1. The monoisotopic (exact) mass is 374 g/mol. The Morgan fingerprint density at radius 3 is 2.85 bits per heavy atom. The highest BCUT2D eigenvalue weighted by Crippen LogP contribution is 2.37. The normalized spacial score (nSPS) is 10.5. The molecule has 0 aliphatic rings. The van der Waals surface area contributed by atoms with Gasteiger partial charge in [0.1, 0.15) is 23.5 Å². The quantitative estimate of drug-likeness (QED) is 0.575. The Hall–Kier alpha value is -3.33. The summed E-state index contributed by atoms with van der Waals surface area (Å²) in [5.41, 5.74) is 13.6. The van der Waals surface area contributed by atoms with E-state index >= 15 is 0 Å². The van der Waals surface area contributed by atoms with Gasteiger partial charge < -0.3 is 26.0 Å². The van der Waals surface area contributed by atoms with Crippen LogP contribution in [0.1, 0.15) is 15.9 Å². The number of benzene rings is 1. The topological polar surface area (TPSA) is 142 Å². The summed E-state index contributed by atoms with van der Waals surface area (Å²) in [7, 11) is 0. The maximum atomic E-state index is 11.8. The predicted octanol–water partition coefficient (Wildman–Crippen LogP) is 2.02. The first kappa shape index (κ1) is 17.5. The second kappa shape index (κ2) is 7.28. The average molecular weight is 375 g/mol. The van der Waals surface area contributed by atoms with E-state index in [0.29, 0.717) is 22.0 Å². The number of nitrogens with one attached hydrogen (secondary N) is 1.